The molecular formula is C29H31N6O2+. The van der Waals surface area contributed by atoms with E-state index in [4.69, 9.17) is 10.8 Å². The van der Waals surface area contributed by atoms with Gasteiger partial charge in [-0.2, -0.15) is 10.8 Å². The van der Waals surface area contributed by atoms with Crippen molar-refractivity contribution < 1.29 is 14.5 Å². The Hall–Kier alpha value is -4.01. The molecule has 1 unspecified atom stereocenters. The number of amidine groups is 1. The molecule has 3 aromatic rings. The first-order valence-electron chi connectivity index (χ1n) is 12.8. The molecule has 8 heteroatoms. The first-order valence-corrected chi connectivity index (χ1v) is 12.8. The number of aromatic nitrogens is 1. The molecule has 2 aromatic carbocycles. The van der Waals surface area contributed by atoms with Gasteiger partial charge in [-0.25, -0.2) is 4.79 Å². The monoisotopic (exact) mass is 495 g/mol. The normalized spacial score (nSPS) is 24.8. The zero-order valence-corrected chi connectivity index (χ0v) is 20.6. The van der Waals surface area contributed by atoms with E-state index in [1.807, 2.05) is 54.9 Å². The average Bonchev–Trinajstić information content (AvgIpc) is 3.47. The minimum absolute atomic E-state index is 0.00938. The minimum atomic E-state index is -0.866. The fourth-order valence-electron chi connectivity index (χ4n) is 5.83. The van der Waals surface area contributed by atoms with Crippen LogP contribution in [0.4, 0.5) is 4.79 Å². The number of nitrogens with zero attached hydrogens (tertiary/aromatic N) is 4. The maximum atomic E-state index is 11.9. The number of carbonyl (C=O) groups is 1. The molecule has 0 spiro atoms. The second-order valence-corrected chi connectivity index (χ2v) is 10.2. The van der Waals surface area contributed by atoms with Crippen molar-refractivity contribution in [2.45, 2.75) is 32.2 Å². The number of hydrogen-bond donors (Lipinski definition) is 3. The number of rotatable bonds is 6. The summed E-state index contributed by atoms with van der Waals surface area (Å²) in [5.74, 6) is 8.30. The highest BCUT2D eigenvalue weighted by atomic mass is 16.4. The summed E-state index contributed by atoms with van der Waals surface area (Å²) < 4.78 is 0.00938. The van der Waals surface area contributed by atoms with E-state index in [1.54, 1.807) is 11.1 Å². The molecule has 1 aromatic heterocycles. The fourth-order valence-corrected chi connectivity index (χ4v) is 5.83. The molecule has 2 aliphatic heterocycles. The molecule has 1 saturated carbocycles. The molecule has 6 rings (SSSR count). The van der Waals surface area contributed by atoms with Gasteiger partial charge in [0.05, 0.1) is 12.4 Å². The predicted octanol–water partition coefficient (Wildman–Crippen LogP) is 5.37. The molecule has 37 heavy (non-hydrogen) atoms. The number of amides is 1. The smallest absolute Gasteiger partial charge is 0.407 e. The molecule has 1 atom stereocenters. The van der Waals surface area contributed by atoms with E-state index >= 15 is 0 Å². The zero-order chi connectivity index (χ0) is 25.4. The number of nitrogens with one attached hydrogen (secondary N) is 1. The van der Waals surface area contributed by atoms with Gasteiger partial charge in [0.2, 0.25) is 5.70 Å². The maximum Gasteiger partial charge on any atom is 0.407 e. The van der Waals surface area contributed by atoms with Gasteiger partial charge < -0.3 is 15.0 Å². The lowest BCUT2D eigenvalue weighted by molar-refractivity contribution is -0.750. The van der Waals surface area contributed by atoms with Crippen LogP contribution in [0.5, 0.6) is 0 Å². The van der Waals surface area contributed by atoms with Crippen LogP contribution in [0.3, 0.4) is 0 Å². The minimum Gasteiger partial charge on any atom is -0.465 e. The van der Waals surface area contributed by atoms with Crippen LogP contribution in [-0.2, 0) is 6.54 Å². The predicted molar refractivity (Wildman–Crippen MR) is 144 cm³/mol. The van der Waals surface area contributed by atoms with Crippen LogP contribution >= 0.6 is 0 Å². The molecule has 1 amide bonds. The molecule has 0 bridgehead atoms. The first kappa shape index (κ1) is 23.4. The summed E-state index contributed by atoms with van der Waals surface area (Å²) in [7, 11) is 0. The van der Waals surface area contributed by atoms with Crippen molar-refractivity contribution in [2.75, 3.05) is 6.54 Å². The van der Waals surface area contributed by atoms with Gasteiger partial charge in [-0.15, -0.1) is 4.59 Å². The van der Waals surface area contributed by atoms with Crippen molar-refractivity contribution >= 4 is 29.0 Å². The summed E-state index contributed by atoms with van der Waals surface area (Å²) in [4.78, 5) is 26.5. The second-order valence-electron chi connectivity index (χ2n) is 10.2. The van der Waals surface area contributed by atoms with Crippen molar-refractivity contribution in [3.8, 4) is 0 Å². The number of aromatic amines is 1. The number of fused-ring (bicyclic) bond motifs is 2. The van der Waals surface area contributed by atoms with Crippen LogP contribution < -0.4 is 5.84 Å². The third-order valence-electron chi connectivity index (χ3n) is 7.79. The summed E-state index contributed by atoms with van der Waals surface area (Å²) in [6.07, 6.45) is 8.39. The zero-order valence-electron chi connectivity index (χ0n) is 20.6. The molecule has 3 aliphatic rings. The van der Waals surface area contributed by atoms with E-state index in [0.29, 0.717) is 19.0 Å². The third kappa shape index (κ3) is 4.39. The Morgan fingerprint density at radius 2 is 1.84 bits per heavy atom. The molecule has 188 valence electrons. The highest BCUT2D eigenvalue weighted by Crippen LogP contribution is 2.41. The van der Waals surface area contributed by atoms with Crippen LogP contribution in [-0.4, -0.2) is 44.3 Å². The van der Waals surface area contributed by atoms with Crippen molar-refractivity contribution in [3.05, 3.63) is 95.7 Å². The standard InChI is InChI=1S/C29H30N6O2/c30-35-15-14-31-17-26(35)27(33-28(35)25-16-23-8-4-5-9-24(23)32-25)22-12-10-21(11-13-22)19-34(29(36)37)18-20-6-2-1-3-7-20/h1-9,14-17,21-22H,10-13,18-19,30H2,(H-,31,32,33,36,37)/p+1. The van der Waals surface area contributed by atoms with Crippen molar-refractivity contribution in [3.63, 3.8) is 0 Å². The van der Waals surface area contributed by atoms with E-state index in [-0.39, 0.29) is 10.5 Å². The van der Waals surface area contributed by atoms with Crippen LogP contribution in [0.1, 0.15) is 36.9 Å². The number of nitrogens with two attached hydrogens (primary N) is 1. The third-order valence-corrected chi connectivity index (χ3v) is 7.79. The molecule has 8 nitrogen and oxygen atoms in total. The number of carboxylic acid groups (broad SMARTS) is 1. The Kier molecular flexibility index (Phi) is 5.98. The van der Waals surface area contributed by atoms with Gasteiger partial charge in [0, 0.05) is 29.9 Å². The summed E-state index contributed by atoms with van der Waals surface area (Å²) in [5, 5.41) is 10.9. The number of quaternary nitrogens is 1. The first-order chi connectivity index (χ1) is 18.0. The molecule has 1 fully saturated rings. The summed E-state index contributed by atoms with van der Waals surface area (Å²) in [5.41, 5.74) is 4.88. The average molecular weight is 496 g/mol. The number of hydrogen-bond acceptors (Lipinski definition) is 4. The van der Waals surface area contributed by atoms with Crippen LogP contribution in [0.2, 0.25) is 0 Å². The van der Waals surface area contributed by atoms with E-state index in [0.717, 1.165) is 65.1 Å². The largest absolute Gasteiger partial charge is 0.465 e. The number of H-pyrrole nitrogens is 1. The van der Waals surface area contributed by atoms with Crippen molar-refractivity contribution in [1.29, 1.82) is 0 Å². The molecule has 0 radical (unpaired) electrons. The Morgan fingerprint density at radius 1 is 1.08 bits per heavy atom. The Labute approximate surface area is 215 Å². The van der Waals surface area contributed by atoms with Crippen molar-refractivity contribution in [2.24, 2.45) is 27.7 Å². The van der Waals surface area contributed by atoms with E-state index in [9.17, 15) is 9.90 Å². The Bertz CT molecular complexity index is 1410. The number of para-hydroxylation sites is 1. The van der Waals surface area contributed by atoms with Crippen LogP contribution in [0, 0.1) is 11.8 Å². The highest BCUT2D eigenvalue weighted by Gasteiger charge is 2.46. The summed E-state index contributed by atoms with van der Waals surface area (Å²) in [6.45, 7) is 0.965. The molecular weight excluding hydrogens is 464 g/mol. The van der Waals surface area contributed by atoms with Gasteiger partial charge in [0.1, 0.15) is 17.6 Å². The molecule has 4 N–H and O–H groups in total. The summed E-state index contributed by atoms with van der Waals surface area (Å²) in [6, 6.07) is 20.1. The fraction of sp³-hybridized carbons (Fsp3) is 0.276. The molecule has 0 saturated heterocycles. The Balaban J connectivity index is 1.20. The van der Waals surface area contributed by atoms with Gasteiger partial charge in [-0.05, 0) is 49.3 Å². The lowest BCUT2D eigenvalue weighted by Crippen LogP contribution is -2.53. The van der Waals surface area contributed by atoms with Gasteiger partial charge in [0.15, 0.2) is 0 Å². The SMILES string of the molecule is N[N+]12C=CN=CC1=C(C1CCC(CN(Cc3ccccc3)C(=O)O)CC1)N=C2c1cc2ccccc2[nH]1. The topological polar surface area (TPSA) is 107 Å². The number of aliphatic imine (C=N–C) groups is 2. The summed E-state index contributed by atoms with van der Waals surface area (Å²) >= 11 is 0. The second kappa shape index (κ2) is 9.46. The molecule has 3 heterocycles. The van der Waals surface area contributed by atoms with Crippen molar-refractivity contribution in [1.82, 2.24) is 9.88 Å². The van der Waals surface area contributed by atoms with Gasteiger partial charge >= 0.3 is 6.09 Å². The number of benzene rings is 2. The van der Waals surface area contributed by atoms with Gasteiger partial charge in [-0.3, -0.25) is 4.99 Å². The van der Waals surface area contributed by atoms with Gasteiger partial charge in [0.25, 0.3) is 5.84 Å². The van der Waals surface area contributed by atoms with E-state index in [2.05, 4.69) is 28.2 Å². The van der Waals surface area contributed by atoms with Gasteiger partial charge in [-0.1, -0.05) is 48.5 Å². The lowest BCUT2D eigenvalue weighted by Gasteiger charge is -2.32. The van der Waals surface area contributed by atoms with E-state index in [1.165, 1.54) is 0 Å². The van der Waals surface area contributed by atoms with E-state index < -0.39 is 6.09 Å². The lowest BCUT2D eigenvalue weighted by atomic mass is 9.80. The highest BCUT2D eigenvalue weighted by molar-refractivity contribution is 6.02. The molecule has 1 aliphatic carbocycles. The van der Waals surface area contributed by atoms with Crippen LogP contribution in [0.15, 0.2) is 94.4 Å². The Morgan fingerprint density at radius 3 is 2.59 bits per heavy atom. The number of allylic oxidation sites excluding steroid dienone is 2. The quantitative estimate of drug-likeness (QED) is 0.316. The maximum absolute atomic E-state index is 11.9. The van der Waals surface area contributed by atoms with Crippen LogP contribution in [0.25, 0.3) is 10.9 Å².